The van der Waals surface area contributed by atoms with E-state index < -0.39 is 8.07 Å². The van der Waals surface area contributed by atoms with Crippen LogP contribution in [0.5, 0.6) is 0 Å². The Kier molecular flexibility index (Phi) is 5.66. The van der Waals surface area contributed by atoms with E-state index in [0.29, 0.717) is 5.92 Å². The summed E-state index contributed by atoms with van der Waals surface area (Å²) in [5, 5.41) is 5.44. The lowest BCUT2D eigenvalue weighted by molar-refractivity contribution is 0.650. The van der Waals surface area contributed by atoms with Gasteiger partial charge >= 0.3 is 0 Å². The van der Waals surface area contributed by atoms with Crippen LogP contribution in [-0.4, -0.2) is 13.1 Å². The molecule has 168 valence electrons. The topological polar surface area (TPSA) is 12.9 Å². The van der Waals surface area contributed by atoms with Crippen LogP contribution < -0.4 is 0 Å². The molecule has 0 aliphatic heterocycles. The van der Waals surface area contributed by atoms with Crippen LogP contribution in [0.25, 0.3) is 42.2 Å². The Balaban J connectivity index is 1.77. The second-order valence-electron chi connectivity index (χ2n) is 11.1. The van der Waals surface area contributed by atoms with E-state index in [2.05, 4.69) is 95.0 Å². The van der Waals surface area contributed by atoms with Gasteiger partial charge in [0.25, 0.3) is 0 Å². The average molecular weight is 468 g/mol. The number of hydrogen-bond acceptors (Lipinski definition) is 2. The molecule has 0 atom stereocenters. The molecule has 0 aliphatic carbocycles. The SMILES string of the molecule is Cc1ccc2c(C[Si](C)(C)C)cc(-c3nccc4c3sc3c(CC(C)C)cccc34)cc2c1. The minimum atomic E-state index is -1.27. The Morgan fingerprint density at radius 3 is 2.39 bits per heavy atom. The van der Waals surface area contributed by atoms with Gasteiger partial charge in [-0.1, -0.05) is 75.5 Å². The molecule has 33 heavy (non-hydrogen) atoms. The van der Waals surface area contributed by atoms with E-state index in [9.17, 15) is 0 Å². The van der Waals surface area contributed by atoms with Gasteiger partial charge in [0.2, 0.25) is 0 Å². The summed E-state index contributed by atoms with van der Waals surface area (Å²) in [6.07, 6.45) is 3.11. The normalized spacial score (nSPS) is 12.5. The Bertz CT molecular complexity index is 1490. The Morgan fingerprint density at radius 1 is 0.848 bits per heavy atom. The fourth-order valence-corrected chi connectivity index (χ4v) is 7.78. The van der Waals surface area contributed by atoms with E-state index >= 15 is 0 Å². The first-order chi connectivity index (χ1) is 15.7. The highest BCUT2D eigenvalue weighted by atomic mass is 32.1. The summed E-state index contributed by atoms with van der Waals surface area (Å²) in [5.74, 6) is 0.645. The second-order valence-corrected chi connectivity index (χ2v) is 17.6. The molecule has 0 unspecified atom stereocenters. The molecule has 0 amide bonds. The fourth-order valence-electron chi connectivity index (χ4n) is 5.01. The van der Waals surface area contributed by atoms with Crippen molar-refractivity contribution >= 4 is 50.4 Å². The van der Waals surface area contributed by atoms with Gasteiger partial charge in [-0.3, -0.25) is 4.98 Å². The third-order valence-electron chi connectivity index (χ3n) is 6.31. The summed E-state index contributed by atoms with van der Waals surface area (Å²) in [4.78, 5) is 4.95. The van der Waals surface area contributed by atoms with Gasteiger partial charge < -0.3 is 0 Å². The van der Waals surface area contributed by atoms with E-state index in [1.165, 1.54) is 59.2 Å². The minimum Gasteiger partial charge on any atom is -0.255 e. The van der Waals surface area contributed by atoms with Crippen LogP contribution >= 0.6 is 11.3 Å². The summed E-state index contributed by atoms with van der Waals surface area (Å²) in [6.45, 7) is 14.2. The predicted octanol–water partition coefficient (Wildman–Crippen LogP) is 9.20. The summed E-state index contributed by atoms with van der Waals surface area (Å²) in [7, 11) is -1.27. The number of pyridine rings is 1. The molecule has 2 heterocycles. The first-order valence-corrected chi connectivity index (χ1v) is 16.5. The van der Waals surface area contributed by atoms with Crippen LogP contribution in [0.2, 0.25) is 19.6 Å². The van der Waals surface area contributed by atoms with Gasteiger partial charge in [0.05, 0.1) is 10.4 Å². The van der Waals surface area contributed by atoms with Crippen molar-refractivity contribution < 1.29 is 0 Å². The smallest absolute Gasteiger partial charge is 0.0880 e. The molecule has 0 saturated heterocycles. The maximum absolute atomic E-state index is 4.95. The van der Waals surface area contributed by atoms with Crippen molar-refractivity contribution in [3.05, 3.63) is 77.5 Å². The maximum Gasteiger partial charge on any atom is 0.0880 e. The number of fused-ring (bicyclic) bond motifs is 4. The van der Waals surface area contributed by atoms with E-state index in [1.807, 2.05) is 17.5 Å². The zero-order valence-corrected chi connectivity index (χ0v) is 22.4. The van der Waals surface area contributed by atoms with E-state index in [0.717, 1.165) is 12.1 Å². The van der Waals surface area contributed by atoms with Gasteiger partial charge in [-0.25, -0.2) is 0 Å². The lowest BCUT2D eigenvalue weighted by Crippen LogP contribution is -2.24. The highest BCUT2D eigenvalue weighted by Gasteiger charge is 2.19. The lowest BCUT2D eigenvalue weighted by Gasteiger charge is -2.19. The van der Waals surface area contributed by atoms with Crippen molar-refractivity contribution in [3.8, 4) is 11.3 Å². The largest absolute Gasteiger partial charge is 0.255 e. The monoisotopic (exact) mass is 467 g/mol. The quantitative estimate of drug-likeness (QED) is 0.235. The zero-order chi connectivity index (χ0) is 23.3. The molecule has 3 heteroatoms. The summed E-state index contributed by atoms with van der Waals surface area (Å²) in [6, 6.07) is 21.9. The van der Waals surface area contributed by atoms with Gasteiger partial charge in [-0.05, 0) is 65.4 Å². The molecule has 0 spiro atoms. The first-order valence-electron chi connectivity index (χ1n) is 12.0. The number of benzene rings is 3. The summed E-state index contributed by atoms with van der Waals surface area (Å²) < 4.78 is 2.74. The molecule has 3 aromatic carbocycles. The van der Waals surface area contributed by atoms with Crippen molar-refractivity contribution in [2.24, 2.45) is 5.92 Å². The average Bonchev–Trinajstić information content (AvgIpc) is 3.12. The van der Waals surface area contributed by atoms with Gasteiger partial charge in [0.15, 0.2) is 0 Å². The number of rotatable bonds is 5. The second kappa shape index (κ2) is 8.38. The third-order valence-corrected chi connectivity index (χ3v) is 9.06. The number of thiophene rings is 1. The van der Waals surface area contributed by atoms with Crippen molar-refractivity contribution in [2.45, 2.75) is 52.9 Å². The van der Waals surface area contributed by atoms with Crippen LogP contribution in [0.4, 0.5) is 0 Å². The number of aryl methyl sites for hydroxylation is 1. The number of nitrogens with zero attached hydrogens (tertiary/aromatic N) is 1. The van der Waals surface area contributed by atoms with Gasteiger partial charge in [0.1, 0.15) is 0 Å². The van der Waals surface area contributed by atoms with Crippen molar-refractivity contribution in [1.29, 1.82) is 0 Å². The van der Waals surface area contributed by atoms with Gasteiger partial charge in [0, 0.05) is 35.3 Å². The fraction of sp³-hybridized carbons (Fsp3) is 0.300. The van der Waals surface area contributed by atoms with Crippen molar-refractivity contribution in [3.63, 3.8) is 0 Å². The summed E-state index contributed by atoms with van der Waals surface area (Å²) >= 11 is 1.93. The molecule has 5 aromatic rings. The Morgan fingerprint density at radius 2 is 1.64 bits per heavy atom. The highest BCUT2D eigenvalue weighted by Crippen LogP contribution is 2.41. The van der Waals surface area contributed by atoms with Gasteiger partial charge in [-0.15, -0.1) is 11.3 Å². The maximum atomic E-state index is 4.95. The van der Waals surface area contributed by atoms with Crippen LogP contribution in [0.1, 0.15) is 30.5 Å². The molecule has 0 saturated carbocycles. The molecule has 0 N–H and O–H groups in total. The molecule has 5 rings (SSSR count). The minimum absolute atomic E-state index is 0.645. The van der Waals surface area contributed by atoms with Crippen LogP contribution in [-0.2, 0) is 12.5 Å². The third kappa shape index (κ3) is 4.37. The molecule has 0 bridgehead atoms. The molecule has 2 aromatic heterocycles. The lowest BCUT2D eigenvalue weighted by atomic mass is 9.97. The molecule has 0 aliphatic rings. The molecular formula is C30H33NSSi. The summed E-state index contributed by atoms with van der Waals surface area (Å²) in [5.41, 5.74) is 6.63. The van der Waals surface area contributed by atoms with Crippen LogP contribution in [0.15, 0.2) is 60.8 Å². The Hall–Kier alpha value is -2.49. The van der Waals surface area contributed by atoms with E-state index in [4.69, 9.17) is 4.98 Å². The molecule has 0 fully saturated rings. The van der Waals surface area contributed by atoms with Gasteiger partial charge in [-0.2, -0.15) is 0 Å². The Labute approximate surface area is 202 Å². The van der Waals surface area contributed by atoms with Crippen LogP contribution in [0, 0.1) is 12.8 Å². The predicted molar refractivity (Wildman–Crippen MR) is 150 cm³/mol. The van der Waals surface area contributed by atoms with E-state index in [-0.39, 0.29) is 0 Å². The van der Waals surface area contributed by atoms with Crippen molar-refractivity contribution in [1.82, 2.24) is 4.98 Å². The zero-order valence-electron chi connectivity index (χ0n) is 20.6. The molecule has 0 radical (unpaired) electrons. The van der Waals surface area contributed by atoms with E-state index in [1.54, 1.807) is 0 Å². The number of aromatic nitrogens is 1. The molecule has 1 nitrogen and oxygen atoms in total. The standard InChI is InChI=1S/C30H33NSSi/c1-19(2)14-21-8-7-9-26-27-12-13-31-28(30(27)32-29(21)26)23-16-22-15-20(3)10-11-25(22)24(17-23)18-33(4,5)6/h7-13,15-17,19H,14,18H2,1-6H3. The van der Waals surface area contributed by atoms with Crippen molar-refractivity contribution in [2.75, 3.05) is 0 Å². The number of hydrogen-bond donors (Lipinski definition) is 0. The van der Waals surface area contributed by atoms with Crippen LogP contribution in [0.3, 0.4) is 0 Å². The first kappa shape index (κ1) is 22.3. The molecular weight excluding hydrogens is 434 g/mol. The highest BCUT2D eigenvalue weighted by molar-refractivity contribution is 7.26.